The van der Waals surface area contributed by atoms with Crippen molar-refractivity contribution in [2.45, 2.75) is 36.6 Å². The number of rotatable bonds is 10. The number of carbonyl (C=O) groups is 1. The molecule has 1 heterocycles. The van der Waals surface area contributed by atoms with Gasteiger partial charge in [-0.25, -0.2) is 8.42 Å². The number of benzene rings is 2. The lowest BCUT2D eigenvalue weighted by Gasteiger charge is -2.33. The number of hydrogen-bond donors (Lipinski definition) is 0. The monoisotopic (exact) mass is 493 g/mol. The predicted octanol–water partition coefficient (Wildman–Crippen LogP) is 3.05. The Morgan fingerprint density at radius 1 is 0.912 bits per heavy atom. The Balaban J connectivity index is 1.74. The standard InChI is InChI=1S/C24H31NO8S/c1-29-18-9-11-21(31-3)23(16-18)34(27,28)25-13-6-5-7-19(25)24(26)33-14-12-17-8-10-20(30-2)22(15-17)32-4/h8-11,15-16,19H,5-7,12-14H2,1-4H3. The second-order valence-corrected chi connectivity index (χ2v) is 9.61. The van der Waals surface area contributed by atoms with Crippen LogP contribution >= 0.6 is 0 Å². The summed E-state index contributed by atoms with van der Waals surface area (Å²) in [4.78, 5) is 12.9. The Bertz CT molecular complexity index is 1100. The first-order chi connectivity index (χ1) is 16.3. The number of sulfonamides is 1. The van der Waals surface area contributed by atoms with Crippen LogP contribution in [0, 0.1) is 0 Å². The molecule has 0 spiro atoms. The fourth-order valence-corrected chi connectivity index (χ4v) is 5.76. The number of esters is 1. The van der Waals surface area contributed by atoms with Crippen LogP contribution in [0.5, 0.6) is 23.0 Å². The zero-order chi connectivity index (χ0) is 24.7. The highest BCUT2D eigenvalue weighted by atomic mass is 32.2. The van der Waals surface area contributed by atoms with Gasteiger partial charge in [0.25, 0.3) is 0 Å². The third-order valence-electron chi connectivity index (χ3n) is 5.77. The average molecular weight is 494 g/mol. The SMILES string of the molecule is COc1ccc(OC)c(S(=O)(=O)N2CCCCC2C(=O)OCCc2ccc(OC)c(OC)c2)c1. The van der Waals surface area contributed by atoms with Gasteiger partial charge in [-0.3, -0.25) is 4.79 Å². The third-order valence-corrected chi connectivity index (χ3v) is 7.70. The Morgan fingerprint density at radius 3 is 2.29 bits per heavy atom. The van der Waals surface area contributed by atoms with Gasteiger partial charge < -0.3 is 23.7 Å². The number of ether oxygens (including phenoxy) is 5. The molecule has 1 aliphatic rings. The van der Waals surface area contributed by atoms with E-state index < -0.39 is 22.0 Å². The van der Waals surface area contributed by atoms with Gasteiger partial charge in [0.1, 0.15) is 22.4 Å². The first-order valence-corrected chi connectivity index (χ1v) is 12.4. The minimum Gasteiger partial charge on any atom is -0.497 e. The fraction of sp³-hybridized carbons (Fsp3) is 0.458. The van der Waals surface area contributed by atoms with E-state index in [-0.39, 0.29) is 23.8 Å². The molecule has 1 unspecified atom stereocenters. The van der Waals surface area contributed by atoms with Gasteiger partial charge in [-0.2, -0.15) is 4.31 Å². The van der Waals surface area contributed by atoms with Crippen molar-refractivity contribution in [2.24, 2.45) is 0 Å². The molecule has 0 aliphatic carbocycles. The lowest BCUT2D eigenvalue weighted by molar-refractivity contribution is -0.149. The van der Waals surface area contributed by atoms with Crippen LogP contribution in [0.1, 0.15) is 24.8 Å². The summed E-state index contributed by atoms with van der Waals surface area (Å²) in [6, 6.07) is 9.12. The molecule has 186 valence electrons. The molecule has 9 nitrogen and oxygen atoms in total. The molecule has 0 bridgehead atoms. The Kier molecular flexibility index (Phi) is 8.62. The summed E-state index contributed by atoms with van der Waals surface area (Å²) >= 11 is 0. The van der Waals surface area contributed by atoms with E-state index in [1.54, 1.807) is 26.4 Å². The normalized spacial score (nSPS) is 16.5. The van der Waals surface area contributed by atoms with Gasteiger partial charge in [0.15, 0.2) is 11.5 Å². The van der Waals surface area contributed by atoms with Gasteiger partial charge in [0.2, 0.25) is 10.0 Å². The summed E-state index contributed by atoms with van der Waals surface area (Å²) < 4.78 is 54.8. The van der Waals surface area contributed by atoms with E-state index in [2.05, 4.69) is 0 Å². The van der Waals surface area contributed by atoms with Crippen molar-refractivity contribution in [3.8, 4) is 23.0 Å². The van der Waals surface area contributed by atoms with Crippen LogP contribution in [0.4, 0.5) is 0 Å². The van der Waals surface area contributed by atoms with E-state index in [4.69, 9.17) is 23.7 Å². The van der Waals surface area contributed by atoms with Crippen molar-refractivity contribution >= 4 is 16.0 Å². The number of carbonyl (C=O) groups excluding carboxylic acids is 1. The quantitative estimate of drug-likeness (QED) is 0.466. The first kappa shape index (κ1) is 25.6. The van der Waals surface area contributed by atoms with Crippen molar-refractivity contribution in [1.82, 2.24) is 4.31 Å². The zero-order valence-corrected chi connectivity index (χ0v) is 20.7. The van der Waals surface area contributed by atoms with Crippen molar-refractivity contribution in [1.29, 1.82) is 0 Å². The van der Waals surface area contributed by atoms with Crippen molar-refractivity contribution in [3.63, 3.8) is 0 Å². The maximum absolute atomic E-state index is 13.5. The maximum atomic E-state index is 13.5. The van der Waals surface area contributed by atoms with E-state index in [0.29, 0.717) is 36.5 Å². The van der Waals surface area contributed by atoms with Gasteiger partial charge in [0.05, 0.1) is 35.0 Å². The molecule has 1 fully saturated rings. The van der Waals surface area contributed by atoms with Crippen LogP contribution in [0.15, 0.2) is 41.3 Å². The summed E-state index contributed by atoms with van der Waals surface area (Å²) in [6.07, 6.45) is 2.23. The summed E-state index contributed by atoms with van der Waals surface area (Å²) in [6.45, 7) is 0.333. The summed E-state index contributed by atoms with van der Waals surface area (Å²) in [5, 5.41) is 0. The van der Waals surface area contributed by atoms with E-state index in [0.717, 1.165) is 12.0 Å². The van der Waals surface area contributed by atoms with Crippen LogP contribution < -0.4 is 18.9 Å². The number of methoxy groups -OCH3 is 4. The van der Waals surface area contributed by atoms with Gasteiger partial charge >= 0.3 is 5.97 Å². The van der Waals surface area contributed by atoms with Gasteiger partial charge in [-0.15, -0.1) is 0 Å². The molecule has 1 saturated heterocycles. The van der Waals surface area contributed by atoms with Crippen molar-refractivity contribution in [2.75, 3.05) is 41.6 Å². The van der Waals surface area contributed by atoms with E-state index in [9.17, 15) is 13.2 Å². The number of piperidine rings is 1. The molecular formula is C24H31NO8S. The second kappa shape index (κ2) is 11.4. The molecule has 0 N–H and O–H groups in total. The molecule has 1 atom stereocenters. The van der Waals surface area contributed by atoms with Crippen LogP contribution in [0.25, 0.3) is 0 Å². The molecule has 0 saturated carbocycles. The number of nitrogens with zero attached hydrogens (tertiary/aromatic N) is 1. The largest absolute Gasteiger partial charge is 0.497 e. The van der Waals surface area contributed by atoms with Crippen LogP contribution in [0.3, 0.4) is 0 Å². The molecule has 3 rings (SSSR count). The highest BCUT2D eigenvalue weighted by Gasteiger charge is 2.40. The van der Waals surface area contributed by atoms with Crippen molar-refractivity contribution in [3.05, 3.63) is 42.0 Å². The van der Waals surface area contributed by atoms with Crippen LogP contribution in [-0.2, 0) is 26.0 Å². The average Bonchev–Trinajstić information content (AvgIpc) is 2.87. The van der Waals surface area contributed by atoms with Crippen LogP contribution in [0.2, 0.25) is 0 Å². The van der Waals surface area contributed by atoms with Gasteiger partial charge in [-0.1, -0.05) is 6.07 Å². The second-order valence-electron chi connectivity index (χ2n) is 7.75. The molecular weight excluding hydrogens is 462 g/mol. The Morgan fingerprint density at radius 2 is 1.62 bits per heavy atom. The summed E-state index contributed by atoms with van der Waals surface area (Å²) in [5.41, 5.74) is 0.902. The van der Waals surface area contributed by atoms with Crippen LogP contribution in [-0.4, -0.2) is 66.3 Å². The van der Waals surface area contributed by atoms with Crippen molar-refractivity contribution < 1.29 is 36.9 Å². The smallest absolute Gasteiger partial charge is 0.324 e. The Labute approximate surface area is 200 Å². The Hall–Kier alpha value is -2.98. The van der Waals surface area contributed by atoms with Gasteiger partial charge in [0, 0.05) is 19.0 Å². The molecule has 34 heavy (non-hydrogen) atoms. The minimum absolute atomic E-state index is 0.0422. The third kappa shape index (κ3) is 5.56. The predicted molar refractivity (Wildman–Crippen MR) is 125 cm³/mol. The zero-order valence-electron chi connectivity index (χ0n) is 19.9. The van der Waals surface area contributed by atoms with E-state index in [1.807, 2.05) is 12.1 Å². The van der Waals surface area contributed by atoms with E-state index >= 15 is 0 Å². The molecule has 0 aromatic heterocycles. The highest BCUT2D eigenvalue weighted by Crippen LogP contribution is 2.34. The molecule has 0 radical (unpaired) electrons. The number of hydrogen-bond acceptors (Lipinski definition) is 8. The first-order valence-electron chi connectivity index (χ1n) is 11.0. The summed E-state index contributed by atoms with van der Waals surface area (Å²) in [7, 11) is 1.94. The molecule has 2 aromatic carbocycles. The molecule has 10 heteroatoms. The molecule has 2 aromatic rings. The topological polar surface area (TPSA) is 101 Å². The van der Waals surface area contributed by atoms with E-state index in [1.165, 1.54) is 30.7 Å². The highest BCUT2D eigenvalue weighted by molar-refractivity contribution is 7.89. The molecule has 0 amide bonds. The van der Waals surface area contributed by atoms with Gasteiger partial charge in [-0.05, 0) is 49.1 Å². The maximum Gasteiger partial charge on any atom is 0.324 e. The summed E-state index contributed by atoms with van der Waals surface area (Å²) in [5.74, 6) is 1.20. The lowest BCUT2D eigenvalue weighted by atomic mass is 10.1. The minimum atomic E-state index is -4.03. The fourth-order valence-electron chi connectivity index (χ4n) is 3.94. The molecule has 1 aliphatic heterocycles. The lowest BCUT2D eigenvalue weighted by Crippen LogP contribution is -2.48.